The Morgan fingerprint density at radius 1 is 0.591 bits per heavy atom. The highest BCUT2D eigenvalue weighted by Gasteiger charge is 2.28. The first-order valence-corrected chi connectivity index (χ1v) is 15.9. The maximum atomic E-state index is 12.8. The number of carbonyl (C=O) groups is 2. The molecule has 0 aliphatic carbocycles. The molecule has 5 nitrogen and oxygen atoms in total. The highest BCUT2D eigenvalue weighted by Crippen LogP contribution is 2.32. The zero-order valence-electron chi connectivity index (χ0n) is 31.3. The molecule has 2 aromatic rings. The predicted molar refractivity (Wildman–Crippen MR) is 188 cm³/mol. The molecule has 0 fully saturated rings. The number of nitrogens with one attached hydrogen (secondary N) is 1. The van der Waals surface area contributed by atoms with Crippen LogP contribution in [0, 0.1) is 16.2 Å². The molecule has 44 heavy (non-hydrogen) atoms. The summed E-state index contributed by atoms with van der Waals surface area (Å²) in [4.78, 5) is 25.5. The van der Waals surface area contributed by atoms with Crippen LogP contribution in [0.1, 0.15) is 151 Å². The molecule has 0 radical (unpaired) electrons. The smallest absolute Gasteiger partial charge is 0.168 e. The van der Waals surface area contributed by atoms with Crippen LogP contribution < -0.4 is 14.8 Å². The Kier molecular flexibility index (Phi) is 12.2. The summed E-state index contributed by atoms with van der Waals surface area (Å²) in [6.07, 6.45) is 0.875. The summed E-state index contributed by atoms with van der Waals surface area (Å²) in [7, 11) is 0. The zero-order valence-corrected chi connectivity index (χ0v) is 31.3. The van der Waals surface area contributed by atoms with E-state index < -0.39 is 10.8 Å². The normalized spacial score (nSPS) is 13.0. The highest BCUT2D eigenvalue weighted by molar-refractivity contribution is 6.01. The lowest BCUT2D eigenvalue weighted by Crippen LogP contribution is -2.27. The lowest BCUT2D eigenvalue weighted by atomic mass is 9.80. The van der Waals surface area contributed by atoms with Crippen LogP contribution in [0.3, 0.4) is 0 Å². The molecule has 248 valence electrons. The van der Waals surface area contributed by atoms with E-state index in [1.54, 1.807) is 0 Å². The second-order valence-corrected chi connectivity index (χ2v) is 18.3. The van der Waals surface area contributed by atoms with E-state index in [4.69, 9.17) is 9.47 Å². The molecule has 2 aromatic carbocycles. The van der Waals surface area contributed by atoms with Gasteiger partial charge in [-0.1, -0.05) is 68.4 Å². The summed E-state index contributed by atoms with van der Waals surface area (Å²) in [6, 6.07) is 11.6. The molecular weight excluding hydrogens is 546 g/mol. The van der Waals surface area contributed by atoms with Gasteiger partial charge < -0.3 is 14.8 Å². The van der Waals surface area contributed by atoms with Gasteiger partial charge >= 0.3 is 0 Å². The molecule has 0 amide bonds. The summed E-state index contributed by atoms with van der Waals surface area (Å²) in [5.74, 6) is 1.77. The minimum Gasteiger partial charge on any atom is -0.488 e. The van der Waals surface area contributed by atoms with Crippen molar-refractivity contribution in [1.82, 2.24) is 0 Å². The predicted octanol–water partition coefficient (Wildman–Crippen LogP) is 11.0. The van der Waals surface area contributed by atoms with Gasteiger partial charge in [-0.2, -0.15) is 0 Å². The molecule has 0 saturated carbocycles. The van der Waals surface area contributed by atoms with Crippen LogP contribution >= 0.6 is 0 Å². The number of rotatable bonds is 6. The maximum Gasteiger partial charge on any atom is 0.168 e. The standard InChI is InChI=1S/C20H32O2.C19H31NO2/c1-18(2,3)13-14-10-11-15(22-20(7,8)9)12-16(14)17(21)19(4,5)6;1-17(2,3)16(21)13-10-14(20-18(4,5)6)12-15(11-13)22-19(7,8)9/h10-12H,13H2,1-9H3;10-12,20H,1-9H3. The number of Topliss-reactive ketones (excluding diaryl/α,β-unsaturated/α-hetero) is 2. The number of hydrogen-bond acceptors (Lipinski definition) is 5. The van der Waals surface area contributed by atoms with Crippen LogP contribution in [-0.4, -0.2) is 28.3 Å². The topological polar surface area (TPSA) is 64.6 Å². The third-order valence-electron chi connectivity index (χ3n) is 5.95. The minimum absolute atomic E-state index is 0.0809. The van der Waals surface area contributed by atoms with Gasteiger partial charge in [0.05, 0.1) is 0 Å². The quantitative estimate of drug-likeness (QED) is 0.330. The fourth-order valence-electron chi connectivity index (χ4n) is 4.39. The monoisotopic (exact) mass is 609 g/mol. The van der Waals surface area contributed by atoms with Crippen LogP contribution in [0.2, 0.25) is 0 Å². The van der Waals surface area contributed by atoms with Gasteiger partial charge in [0.1, 0.15) is 22.7 Å². The number of carbonyl (C=O) groups excluding carboxylic acids is 2. The van der Waals surface area contributed by atoms with Gasteiger partial charge in [-0.25, -0.2) is 0 Å². The van der Waals surface area contributed by atoms with E-state index in [0.717, 1.165) is 29.0 Å². The Morgan fingerprint density at radius 2 is 1.07 bits per heavy atom. The van der Waals surface area contributed by atoms with Crippen molar-refractivity contribution in [3.05, 3.63) is 53.1 Å². The Bertz CT molecular complexity index is 1240. The van der Waals surface area contributed by atoms with Crippen molar-refractivity contribution in [1.29, 1.82) is 0 Å². The van der Waals surface area contributed by atoms with Crippen molar-refractivity contribution < 1.29 is 19.1 Å². The molecule has 0 saturated heterocycles. The minimum atomic E-state index is -0.417. The van der Waals surface area contributed by atoms with Gasteiger partial charge in [-0.3, -0.25) is 9.59 Å². The Hall–Kier alpha value is -2.82. The Labute approximate surface area is 269 Å². The zero-order chi connectivity index (χ0) is 34.7. The van der Waals surface area contributed by atoms with E-state index >= 15 is 0 Å². The van der Waals surface area contributed by atoms with Crippen molar-refractivity contribution in [3.8, 4) is 11.5 Å². The van der Waals surface area contributed by atoms with Crippen LogP contribution in [0.4, 0.5) is 5.69 Å². The van der Waals surface area contributed by atoms with Gasteiger partial charge in [0.25, 0.3) is 0 Å². The first-order chi connectivity index (χ1) is 19.4. The second-order valence-electron chi connectivity index (χ2n) is 18.3. The maximum absolute atomic E-state index is 12.8. The highest BCUT2D eigenvalue weighted by atomic mass is 16.5. The van der Waals surface area contributed by atoms with E-state index in [1.165, 1.54) is 0 Å². The molecule has 0 bridgehead atoms. The van der Waals surface area contributed by atoms with Crippen LogP contribution in [0.5, 0.6) is 11.5 Å². The van der Waals surface area contributed by atoms with Crippen molar-refractivity contribution in [2.75, 3.05) is 5.32 Å². The summed E-state index contributed by atoms with van der Waals surface area (Å²) in [5.41, 5.74) is 2.16. The Balaban J connectivity index is 0.000000440. The van der Waals surface area contributed by atoms with Crippen molar-refractivity contribution in [2.24, 2.45) is 16.2 Å². The molecule has 1 N–H and O–H groups in total. The third kappa shape index (κ3) is 14.8. The lowest BCUT2D eigenvalue weighted by molar-refractivity contribution is 0.0850. The molecule has 0 atom stereocenters. The third-order valence-corrected chi connectivity index (χ3v) is 5.95. The SMILES string of the molecule is CC(C)(C)Cc1ccc(OC(C)(C)C)cc1C(=O)C(C)(C)C.CC(C)(C)Nc1cc(OC(C)(C)C)cc(C(=O)C(C)(C)C)c1. The van der Waals surface area contributed by atoms with Crippen LogP contribution in [-0.2, 0) is 6.42 Å². The van der Waals surface area contributed by atoms with Gasteiger partial charge in [-0.15, -0.1) is 0 Å². The van der Waals surface area contributed by atoms with E-state index in [2.05, 4.69) is 46.9 Å². The van der Waals surface area contributed by atoms with E-state index in [9.17, 15) is 9.59 Å². The molecular formula is C39H63NO4. The van der Waals surface area contributed by atoms with Gasteiger partial charge in [-0.05, 0) is 104 Å². The summed E-state index contributed by atoms with van der Waals surface area (Å²) in [5, 5.41) is 3.42. The molecule has 0 aliphatic rings. The number of benzene rings is 2. The van der Waals surface area contributed by atoms with Crippen molar-refractivity contribution in [2.45, 2.75) is 148 Å². The molecule has 0 aliphatic heterocycles. The fourth-order valence-corrected chi connectivity index (χ4v) is 4.39. The van der Waals surface area contributed by atoms with Crippen molar-refractivity contribution in [3.63, 3.8) is 0 Å². The van der Waals surface area contributed by atoms with Crippen LogP contribution in [0.15, 0.2) is 36.4 Å². The van der Waals surface area contributed by atoms with Gasteiger partial charge in [0.15, 0.2) is 11.6 Å². The lowest BCUT2D eigenvalue weighted by Gasteiger charge is -2.26. The average molecular weight is 610 g/mol. The van der Waals surface area contributed by atoms with Crippen molar-refractivity contribution >= 4 is 17.3 Å². The largest absolute Gasteiger partial charge is 0.488 e. The van der Waals surface area contributed by atoms with Crippen LogP contribution in [0.25, 0.3) is 0 Å². The molecule has 0 spiro atoms. The van der Waals surface area contributed by atoms with Gasteiger partial charge in [0, 0.05) is 39.2 Å². The first kappa shape index (κ1) is 39.2. The summed E-state index contributed by atoms with van der Waals surface area (Å²) >= 11 is 0. The molecule has 5 heteroatoms. The van der Waals surface area contributed by atoms with E-state index in [1.807, 2.05) is 119 Å². The summed E-state index contributed by atoms with van der Waals surface area (Å²) < 4.78 is 11.9. The molecule has 0 heterocycles. The average Bonchev–Trinajstić information content (AvgIpc) is 2.73. The number of anilines is 1. The van der Waals surface area contributed by atoms with Gasteiger partial charge in [0.2, 0.25) is 0 Å². The second kappa shape index (κ2) is 13.7. The van der Waals surface area contributed by atoms with E-state index in [0.29, 0.717) is 11.3 Å². The Morgan fingerprint density at radius 3 is 1.48 bits per heavy atom. The molecule has 0 aromatic heterocycles. The number of ether oxygens (including phenoxy) is 2. The fraction of sp³-hybridized carbons (Fsp3) is 0.641. The summed E-state index contributed by atoms with van der Waals surface area (Å²) in [6.45, 7) is 36.6. The first-order valence-electron chi connectivity index (χ1n) is 15.9. The number of ketones is 2. The number of hydrogen-bond donors (Lipinski definition) is 1. The van der Waals surface area contributed by atoms with E-state index in [-0.39, 0.29) is 33.7 Å². The molecule has 2 rings (SSSR count). The molecule has 0 unspecified atom stereocenters.